The summed E-state index contributed by atoms with van der Waals surface area (Å²) < 4.78 is 37.1. The van der Waals surface area contributed by atoms with Crippen LogP contribution in [0.15, 0.2) is 22.6 Å². The molecule has 1 heterocycles. The minimum Gasteiger partial charge on any atom is -0.496 e. The van der Waals surface area contributed by atoms with Crippen molar-refractivity contribution in [3.05, 3.63) is 23.8 Å². The number of nitrogens with one attached hydrogen (secondary N) is 1. The van der Waals surface area contributed by atoms with Gasteiger partial charge in [-0.25, -0.2) is 0 Å². The Balaban J connectivity index is 2.66. The number of benzene rings is 1. The Kier molecular flexibility index (Phi) is 3.82. The van der Waals surface area contributed by atoms with Crippen LogP contribution in [0.1, 0.15) is 5.56 Å². The largest absolute Gasteiger partial charge is 0.496 e. The van der Waals surface area contributed by atoms with Gasteiger partial charge in [0.25, 0.3) is 0 Å². The van der Waals surface area contributed by atoms with Crippen LogP contribution in [0.3, 0.4) is 0 Å². The first-order chi connectivity index (χ1) is 9.39. The van der Waals surface area contributed by atoms with Crippen molar-refractivity contribution in [2.45, 2.75) is 0 Å². The second-order valence-electron chi connectivity index (χ2n) is 3.87. The van der Waals surface area contributed by atoms with Gasteiger partial charge in [0.1, 0.15) is 11.3 Å². The first kappa shape index (κ1) is 14.5. The van der Waals surface area contributed by atoms with Crippen molar-refractivity contribution in [3.8, 4) is 11.5 Å². The number of rotatable bonds is 1. The summed E-state index contributed by atoms with van der Waals surface area (Å²) >= 11 is 5.10. The molecule has 0 unspecified atom stereocenters. The van der Waals surface area contributed by atoms with Crippen LogP contribution in [0, 0.1) is 0 Å². The molecule has 1 aromatic carbocycles. The zero-order chi connectivity index (χ0) is 14.9. The Hall–Kier alpha value is -1.87. The monoisotopic (exact) mass is 315 g/mol. The van der Waals surface area contributed by atoms with E-state index in [0.717, 1.165) is 0 Å². The van der Waals surface area contributed by atoms with E-state index in [1.54, 1.807) is 26.2 Å². The molecule has 1 N–H and O–H groups in total. The lowest BCUT2D eigenvalue weighted by Crippen LogP contribution is -2.41. The predicted molar refractivity (Wildman–Crippen MR) is 78.5 cm³/mol. The quantitative estimate of drug-likeness (QED) is 0.757. The van der Waals surface area contributed by atoms with E-state index in [1.807, 2.05) is 0 Å². The van der Waals surface area contributed by atoms with Crippen molar-refractivity contribution >= 4 is 33.5 Å². The summed E-state index contributed by atoms with van der Waals surface area (Å²) in [6.07, 6.45) is 0. The van der Waals surface area contributed by atoms with Gasteiger partial charge in [0.05, 0.1) is 7.11 Å². The molecule has 0 saturated heterocycles. The van der Waals surface area contributed by atoms with Gasteiger partial charge < -0.3 is 19.1 Å². The molecule has 1 aromatic rings. The second kappa shape index (κ2) is 5.25. The molecule has 0 aromatic heterocycles. The van der Waals surface area contributed by atoms with Gasteiger partial charge in [0.15, 0.2) is 16.7 Å². The Bertz CT molecular complexity index is 685. The standard InChI is InChI=1S/C11H13N3O4S2/c1-12-11(19)14(2)10-9-7(17-3)5-4-6-8(9)18-20(15,16)13-10/h4-6H,1-3H3,(H,12,19). The lowest BCUT2D eigenvalue weighted by molar-refractivity contribution is 0.408. The van der Waals surface area contributed by atoms with Gasteiger partial charge in [-0.05, 0) is 24.4 Å². The molecular weight excluding hydrogens is 302 g/mol. The van der Waals surface area contributed by atoms with Gasteiger partial charge in [-0.1, -0.05) is 6.07 Å². The highest BCUT2D eigenvalue weighted by molar-refractivity contribution is 7.86. The highest BCUT2D eigenvalue weighted by atomic mass is 32.2. The Morgan fingerprint density at radius 1 is 1.50 bits per heavy atom. The molecule has 0 bridgehead atoms. The summed E-state index contributed by atoms with van der Waals surface area (Å²) in [4.78, 5) is 1.44. The van der Waals surface area contributed by atoms with Crippen LogP contribution in [0.25, 0.3) is 0 Å². The minimum atomic E-state index is -4.05. The van der Waals surface area contributed by atoms with Crippen LogP contribution in [-0.2, 0) is 10.3 Å². The molecule has 0 amide bonds. The number of thiocarbonyl (C=S) groups is 1. The van der Waals surface area contributed by atoms with Crippen molar-refractivity contribution in [2.24, 2.45) is 4.40 Å². The van der Waals surface area contributed by atoms with Gasteiger partial charge >= 0.3 is 10.3 Å². The number of ether oxygens (including phenoxy) is 1. The van der Waals surface area contributed by atoms with Gasteiger partial charge in [0.2, 0.25) is 0 Å². The van der Waals surface area contributed by atoms with E-state index >= 15 is 0 Å². The predicted octanol–water partition coefficient (Wildman–Crippen LogP) is 0.515. The Labute approximate surface area is 122 Å². The summed E-state index contributed by atoms with van der Waals surface area (Å²) in [6.45, 7) is 0. The number of hydrogen-bond donors (Lipinski definition) is 1. The summed E-state index contributed by atoms with van der Waals surface area (Å²) in [5.74, 6) is 0.741. The van der Waals surface area contributed by atoms with Crippen molar-refractivity contribution in [3.63, 3.8) is 0 Å². The maximum Gasteiger partial charge on any atom is 0.430 e. The summed E-state index contributed by atoms with van der Waals surface area (Å²) in [5.41, 5.74) is 0.435. The third kappa shape index (κ3) is 2.54. The molecule has 0 atom stereocenters. The number of nitrogens with zero attached hydrogens (tertiary/aromatic N) is 2. The maximum atomic E-state index is 11.7. The van der Waals surface area contributed by atoms with Gasteiger partial charge in [-0.2, -0.15) is 8.42 Å². The number of hydrogen-bond acceptors (Lipinski definition) is 5. The van der Waals surface area contributed by atoms with E-state index in [9.17, 15) is 8.42 Å². The molecule has 0 fully saturated rings. The van der Waals surface area contributed by atoms with E-state index in [2.05, 4.69) is 9.71 Å². The molecule has 0 radical (unpaired) electrons. The smallest absolute Gasteiger partial charge is 0.430 e. The molecule has 108 valence electrons. The lowest BCUT2D eigenvalue weighted by atomic mass is 10.1. The van der Waals surface area contributed by atoms with Gasteiger partial charge in [-0.3, -0.25) is 0 Å². The van der Waals surface area contributed by atoms with Crippen molar-refractivity contribution in [1.29, 1.82) is 0 Å². The average molecular weight is 315 g/mol. The molecule has 0 aliphatic carbocycles. The molecule has 1 aliphatic rings. The van der Waals surface area contributed by atoms with E-state index in [1.165, 1.54) is 18.1 Å². The normalized spacial score (nSPS) is 15.4. The third-order valence-electron chi connectivity index (χ3n) is 2.66. The Morgan fingerprint density at radius 3 is 2.80 bits per heavy atom. The Morgan fingerprint density at radius 2 is 2.20 bits per heavy atom. The highest BCUT2D eigenvalue weighted by Crippen LogP contribution is 2.34. The van der Waals surface area contributed by atoms with Crippen LogP contribution in [-0.4, -0.2) is 45.5 Å². The third-order valence-corrected chi connectivity index (χ3v) is 3.93. The van der Waals surface area contributed by atoms with Crippen LogP contribution in [0.5, 0.6) is 11.5 Å². The zero-order valence-corrected chi connectivity index (χ0v) is 12.7. The van der Waals surface area contributed by atoms with Crippen molar-refractivity contribution in [2.75, 3.05) is 21.2 Å². The van der Waals surface area contributed by atoms with E-state index < -0.39 is 10.3 Å². The van der Waals surface area contributed by atoms with Crippen LogP contribution in [0.2, 0.25) is 0 Å². The fourth-order valence-corrected chi connectivity index (χ4v) is 2.66. The molecular formula is C11H13N3O4S2. The highest BCUT2D eigenvalue weighted by Gasteiger charge is 2.31. The summed E-state index contributed by atoms with van der Waals surface area (Å²) in [7, 11) is 0.666. The summed E-state index contributed by atoms with van der Waals surface area (Å²) in [6, 6.07) is 4.85. The fraction of sp³-hybridized carbons (Fsp3) is 0.273. The molecule has 1 aliphatic heterocycles. The van der Waals surface area contributed by atoms with Crippen LogP contribution in [0.4, 0.5) is 0 Å². The molecule has 20 heavy (non-hydrogen) atoms. The number of methoxy groups -OCH3 is 1. The van der Waals surface area contributed by atoms with E-state index in [-0.39, 0.29) is 11.6 Å². The molecule has 9 heteroatoms. The number of amidine groups is 1. The molecule has 7 nitrogen and oxygen atoms in total. The molecule has 0 spiro atoms. The van der Waals surface area contributed by atoms with Gasteiger partial charge in [-0.15, -0.1) is 4.40 Å². The van der Waals surface area contributed by atoms with E-state index in [0.29, 0.717) is 16.4 Å². The minimum absolute atomic E-state index is 0.142. The molecule has 0 saturated carbocycles. The van der Waals surface area contributed by atoms with Crippen molar-refractivity contribution in [1.82, 2.24) is 10.2 Å². The summed E-state index contributed by atoms with van der Waals surface area (Å²) in [5, 5.41) is 3.08. The fourth-order valence-electron chi connectivity index (χ4n) is 1.75. The topological polar surface area (TPSA) is 80.2 Å². The average Bonchev–Trinajstić information content (AvgIpc) is 2.42. The maximum absolute atomic E-state index is 11.7. The second-order valence-corrected chi connectivity index (χ2v) is 5.46. The van der Waals surface area contributed by atoms with Crippen molar-refractivity contribution < 1.29 is 17.3 Å². The first-order valence-corrected chi connectivity index (χ1v) is 7.34. The zero-order valence-electron chi connectivity index (χ0n) is 11.1. The van der Waals surface area contributed by atoms with Crippen LogP contribution >= 0.6 is 12.2 Å². The van der Waals surface area contributed by atoms with Gasteiger partial charge in [0, 0.05) is 14.1 Å². The van der Waals surface area contributed by atoms with Crippen LogP contribution < -0.4 is 14.2 Å². The number of fused-ring (bicyclic) bond motifs is 1. The SMILES string of the molecule is CNC(=S)N(C)C1=NS(=O)(=O)Oc2cccc(OC)c21. The van der Waals surface area contributed by atoms with E-state index in [4.69, 9.17) is 21.1 Å². The first-order valence-electron chi connectivity index (χ1n) is 5.57. The molecule has 2 rings (SSSR count). The lowest BCUT2D eigenvalue weighted by Gasteiger charge is -2.26.